The van der Waals surface area contributed by atoms with Crippen LogP contribution < -0.4 is 15.5 Å². The maximum absolute atomic E-state index is 12.1. The first-order valence-electron chi connectivity index (χ1n) is 8.09. The lowest BCUT2D eigenvalue weighted by Gasteiger charge is -2.07. The van der Waals surface area contributed by atoms with Gasteiger partial charge in [0, 0.05) is 18.8 Å². The van der Waals surface area contributed by atoms with E-state index in [1.165, 1.54) is 24.1 Å². The molecule has 0 unspecified atom stereocenters. The van der Waals surface area contributed by atoms with E-state index in [-0.39, 0.29) is 23.7 Å². The number of benzene rings is 1. The lowest BCUT2D eigenvalue weighted by Crippen LogP contribution is -2.22. The molecule has 0 atom stereocenters. The summed E-state index contributed by atoms with van der Waals surface area (Å²) in [5.41, 5.74) is 1.41. The first-order valence-corrected chi connectivity index (χ1v) is 9.07. The summed E-state index contributed by atoms with van der Waals surface area (Å²) >= 11 is 1.39. The summed E-state index contributed by atoms with van der Waals surface area (Å²) in [5.74, 6) is 0.529. The van der Waals surface area contributed by atoms with Gasteiger partial charge in [0.05, 0.1) is 5.75 Å². The second-order valence-corrected chi connectivity index (χ2v) is 6.73. The Kier molecular flexibility index (Phi) is 5.92. The molecular weight excluding hydrogens is 368 g/mol. The van der Waals surface area contributed by atoms with Gasteiger partial charge in [-0.1, -0.05) is 29.5 Å². The van der Waals surface area contributed by atoms with Crippen LogP contribution in [0.2, 0.25) is 0 Å². The van der Waals surface area contributed by atoms with E-state index in [2.05, 4.69) is 15.5 Å². The van der Waals surface area contributed by atoms with Crippen molar-refractivity contribution >= 4 is 23.4 Å². The molecule has 1 aromatic carbocycles. The average Bonchev–Trinajstić information content (AvgIpc) is 3.06. The summed E-state index contributed by atoms with van der Waals surface area (Å²) in [4.78, 5) is 24.0. The Morgan fingerprint density at radius 3 is 2.78 bits per heavy atom. The molecular formula is C18H18N4O4S. The molecule has 3 aromatic rings. The van der Waals surface area contributed by atoms with Gasteiger partial charge >= 0.3 is 0 Å². The second kappa shape index (κ2) is 8.54. The molecule has 0 saturated heterocycles. The van der Waals surface area contributed by atoms with Crippen molar-refractivity contribution in [2.45, 2.75) is 17.8 Å². The van der Waals surface area contributed by atoms with Gasteiger partial charge in [-0.3, -0.25) is 9.59 Å². The number of ether oxygens (including phenoxy) is 1. The lowest BCUT2D eigenvalue weighted by atomic mass is 10.2. The maximum Gasteiger partial charge on any atom is 0.262 e. The summed E-state index contributed by atoms with van der Waals surface area (Å²) in [7, 11) is 1.83. The van der Waals surface area contributed by atoms with Gasteiger partial charge in [-0.2, -0.15) is 0 Å². The number of thioether (sulfide) groups is 1. The SMILES string of the molecule is Cc1ccc(NC(=O)COc2coc(CSc3nncn3C)cc2=O)cc1. The number of aromatic nitrogens is 3. The van der Waals surface area contributed by atoms with Crippen molar-refractivity contribution in [3.05, 3.63) is 64.5 Å². The maximum atomic E-state index is 12.1. The van der Waals surface area contributed by atoms with Gasteiger partial charge in [0.2, 0.25) is 11.2 Å². The third kappa shape index (κ3) is 5.20. The zero-order valence-electron chi connectivity index (χ0n) is 14.8. The molecule has 0 spiro atoms. The fourth-order valence-electron chi connectivity index (χ4n) is 2.14. The number of anilines is 1. The molecule has 1 amide bonds. The molecule has 2 aromatic heterocycles. The number of hydrogen-bond donors (Lipinski definition) is 1. The van der Waals surface area contributed by atoms with Crippen LogP contribution in [-0.2, 0) is 17.6 Å². The van der Waals surface area contributed by atoms with E-state index in [4.69, 9.17) is 9.15 Å². The van der Waals surface area contributed by atoms with Crippen LogP contribution in [0.25, 0.3) is 0 Å². The summed E-state index contributed by atoms with van der Waals surface area (Å²) in [6, 6.07) is 8.72. The fourth-order valence-corrected chi connectivity index (χ4v) is 2.91. The number of rotatable bonds is 7. The highest BCUT2D eigenvalue weighted by atomic mass is 32.2. The standard InChI is InChI=1S/C18H18N4O4S/c1-12-3-5-13(6-4-12)20-17(24)9-26-16-8-25-14(7-15(16)23)10-27-18-21-19-11-22(18)2/h3-8,11H,9-10H2,1-2H3,(H,20,24). The monoisotopic (exact) mass is 386 g/mol. The highest BCUT2D eigenvalue weighted by Gasteiger charge is 2.10. The molecule has 0 fully saturated rings. The summed E-state index contributed by atoms with van der Waals surface area (Å²) in [6.45, 7) is 1.68. The van der Waals surface area contributed by atoms with Gasteiger partial charge in [-0.25, -0.2) is 0 Å². The second-order valence-electron chi connectivity index (χ2n) is 5.79. The van der Waals surface area contributed by atoms with Gasteiger partial charge in [0.15, 0.2) is 11.8 Å². The summed E-state index contributed by atoms with van der Waals surface area (Å²) in [6.07, 6.45) is 2.81. The first kappa shape index (κ1) is 18.7. The predicted octanol–water partition coefficient (Wildman–Crippen LogP) is 2.39. The van der Waals surface area contributed by atoms with Gasteiger partial charge in [0.25, 0.3) is 5.91 Å². The van der Waals surface area contributed by atoms with Crippen molar-refractivity contribution in [1.29, 1.82) is 0 Å². The molecule has 2 heterocycles. The van der Waals surface area contributed by atoms with Crippen LogP contribution in [0.4, 0.5) is 5.69 Å². The van der Waals surface area contributed by atoms with Crippen LogP contribution in [0.3, 0.4) is 0 Å². The molecule has 140 valence electrons. The van der Waals surface area contributed by atoms with E-state index in [1.807, 2.05) is 26.1 Å². The van der Waals surface area contributed by atoms with Crippen LogP contribution in [-0.4, -0.2) is 27.3 Å². The third-order valence-electron chi connectivity index (χ3n) is 3.56. The molecule has 0 aliphatic carbocycles. The van der Waals surface area contributed by atoms with Crippen molar-refractivity contribution in [3.8, 4) is 5.75 Å². The molecule has 9 heteroatoms. The zero-order chi connectivity index (χ0) is 19.2. The molecule has 0 aliphatic heterocycles. The number of amides is 1. The number of aryl methyl sites for hydroxylation is 2. The molecule has 0 bridgehead atoms. The number of nitrogens with zero attached hydrogens (tertiary/aromatic N) is 3. The van der Waals surface area contributed by atoms with Crippen LogP contribution in [0, 0.1) is 6.92 Å². The van der Waals surface area contributed by atoms with E-state index in [0.717, 1.165) is 5.56 Å². The Hall–Kier alpha value is -3.07. The van der Waals surface area contributed by atoms with Crippen LogP contribution in [0.15, 0.2) is 57.3 Å². The molecule has 1 N–H and O–H groups in total. The molecule has 8 nitrogen and oxygen atoms in total. The topological polar surface area (TPSA) is 99.2 Å². The minimum atomic E-state index is -0.361. The zero-order valence-corrected chi connectivity index (χ0v) is 15.7. The minimum absolute atomic E-state index is 0.0125. The highest BCUT2D eigenvalue weighted by Crippen LogP contribution is 2.20. The summed E-state index contributed by atoms with van der Waals surface area (Å²) < 4.78 is 12.4. The van der Waals surface area contributed by atoms with Crippen molar-refractivity contribution < 1.29 is 13.9 Å². The van der Waals surface area contributed by atoms with Crippen molar-refractivity contribution in [1.82, 2.24) is 14.8 Å². The van der Waals surface area contributed by atoms with Crippen molar-refractivity contribution in [2.24, 2.45) is 7.05 Å². The molecule has 0 saturated carbocycles. The molecule has 0 aliphatic rings. The van der Waals surface area contributed by atoms with E-state index in [9.17, 15) is 9.59 Å². The van der Waals surface area contributed by atoms with E-state index in [0.29, 0.717) is 22.4 Å². The first-order chi connectivity index (χ1) is 13.0. The lowest BCUT2D eigenvalue weighted by molar-refractivity contribution is -0.118. The smallest absolute Gasteiger partial charge is 0.262 e. The van der Waals surface area contributed by atoms with Crippen molar-refractivity contribution in [2.75, 3.05) is 11.9 Å². The molecule has 0 radical (unpaired) electrons. The quantitative estimate of drug-likeness (QED) is 0.622. The van der Waals surface area contributed by atoms with Crippen molar-refractivity contribution in [3.63, 3.8) is 0 Å². The van der Waals surface area contributed by atoms with Crippen LogP contribution >= 0.6 is 11.8 Å². The van der Waals surface area contributed by atoms with Gasteiger partial charge in [-0.05, 0) is 19.1 Å². The van der Waals surface area contributed by atoms with Gasteiger partial charge < -0.3 is 19.0 Å². The number of hydrogen-bond acceptors (Lipinski definition) is 7. The van der Waals surface area contributed by atoms with Gasteiger partial charge in [-0.15, -0.1) is 10.2 Å². The Bertz CT molecular complexity index is 982. The highest BCUT2D eigenvalue weighted by molar-refractivity contribution is 7.98. The fraction of sp³-hybridized carbons (Fsp3) is 0.222. The van der Waals surface area contributed by atoms with Crippen LogP contribution in [0.5, 0.6) is 5.75 Å². The minimum Gasteiger partial charge on any atom is -0.477 e. The van der Waals surface area contributed by atoms with Crippen LogP contribution in [0.1, 0.15) is 11.3 Å². The number of nitrogens with one attached hydrogen (secondary N) is 1. The molecule has 3 rings (SSSR count). The largest absolute Gasteiger partial charge is 0.477 e. The summed E-state index contributed by atoms with van der Waals surface area (Å²) in [5, 5.41) is 11.1. The predicted molar refractivity (Wildman–Crippen MR) is 101 cm³/mol. The van der Waals surface area contributed by atoms with E-state index >= 15 is 0 Å². The average molecular weight is 386 g/mol. The number of carbonyl (C=O) groups excluding carboxylic acids is 1. The number of carbonyl (C=O) groups is 1. The van der Waals surface area contributed by atoms with E-state index < -0.39 is 0 Å². The third-order valence-corrected chi connectivity index (χ3v) is 4.62. The van der Waals surface area contributed by atoms with Gasteiger partial charge in [0.1, 0.15) is 18.4 Å². The Balaban J connectivity index is 1.53. The van der Waals surface area contributed by atoms with E-state index in [1.54, 1.807) is 23.0 Å². The Morgan fingerprint density at radius 2 is 2.11 bits per heavy atom. The Morgan fingerprint density at radius 1 is 1.33 bits per heavy atom. The molecule has 27 heavy (non-hydrogen) atoms. The Labute approximate surface area is 159 Å². The normalized spacial score (nSPS) is 10.6.